The van der Waals surface area contributed by atoms with Crippen molar-refractivity contribution in [3.63, 3.8) is 0 Å². The number of rotatable bonds is 8. The van der Waals surface area contributed by atoms with Gasteiger partial charge < -0.3 is 20.5 Å². The summed E-state index contributed by atoms with van der Waals surface area (Å²) in [5.41, 5.74) is 2.14. The van der Waals surface area contributed by atoms with Gasteiger partial charge in [0.2, 0.25) is 11.8 Å². The normalized spacial score (nSPS) is 10.1. The Morgan fingerprint density at radius 3 is 1.97 bits per heavy atom. The Balaban J connectivity index is 0.00000385. The van der Waals surface area contributed by atoms with Crippen LogP contribution in [-0.4, -0.2) is 65.7 Å². The molecule has 0 bridgehead atoms. The van der Waals surface area contributed by atoms with Gasteiger partial charge in [0.05, 0.1) is 11.3 Å². The second-order valence-corrected chi connectivity index (χ2v) is 7.10. The summed E-state index contributed by atoms with van der Waals surface area (Å²) in [5.74, 6) is -2.65. The zero-order valence-electron chi connectivity index (χ0n) is 16.6. The summed E-state index contributed by atoms with van der Waals surface area (Å²) in [5, 5.41) is 14.4. The first-order valence-corrected chi connectivity index (χ1v) is 9.76. The van der Waals surface area contributed by atoms with Crippen LogP contribution < -0.4 is 10.6 Å². The maximum absolute atomic E-state index is 13.0. The maximum atomic E-state index is 13.0. The molecule has 7 nitrogen and oxygen atoms in total. The molecule has 3 rings (SSSR count). The second kappa shape index (κ2) is 12.5. The van der Waals surface area contributed by atoms with E-state index in [1.807, 2.05) is 0 Å². The van der Waals surface area contributed by atoms with Crippen molar-refractivity contribution in [1.29, 1.82) is 0 Å². The number of benzene rings is 3. The van der Waals surface area contributed by atoms with Gasteiger partial charge >= 0.3 is 35.5 Å². The number of halogens is 2. The van der Waals surface area contributed by atoms with Gasteiger partial charge in [-0.1, -0.05) is 35.9 Å². The van der Waals surface area contributed by atoms with Gasteiger partial charge in [-0.15, -0.1) is 0 Å². The molecule has 0 fully saturated rings. The number of carboxylic acid groups (broad SMARTS) is 1. The molecule has 0 saturated heterocycles. The number of aromatic carboxylic acids is 1. The first-order valence-electron chi connectivity index (χ1n) is 9.38. The number of amides is 2. The van der Waals surface area contributed by atoms with Crippen molar-refractivity contribution in [2.24, 2.45) is 0 Å². The minimum atomic E-state index is -1.24. The van der Waals surface area contributed by atoms with E-state index in [-0.39, 0.29) is 58.3 Å². The van der Waals surface area contributed by atoms with Crippen LogP contribution in [0, 0.1) is 5.82 Å². The third-order valence-corrected chi connectivity index (χ3v) is 4.53. The Hall–Kier alpha value is -2.75. The number of carboxylic acids is 1. The molecule has 0 unspecified atom stereocenters. The predicted octanol–water partition coefficient (Wildman–Crippen LogP) is 3.79. The van der Waals surface area contributed by atoms with Gasteiger partial charge in [0.25, 0.3) is 0 Å². The van der Waals surface area contributed by atoms with E-state index >= 15 is 0 Å². The molecule has 166 valence electrons. The Bertz CT molecular complexity index is 1140. The van der Waals surface area contributed by atoms with Gasteiger partial charge in [-0.2, -0.15) is 0 Å². The van der Waals surface area contributed by atoms with Gasteiger partial charge in [-0.3, -0.25) is 9.59 Å². The summed E-state index contributed by atoms with van der Waals surface area (Å²) in [7, 11) is 0. The molecule has 3 N–H and O–H groups in total. The van der Waals surface area contributed by atoms with Gasteiger partial charge in [0.1, 0.15) is 19.0 Å². The molecule has 3 aromatic rings. The molecule has 0 saturated carbocycles. The molecule has 0 spiro atoms. The summed E-state index contributed by atoms with van der Waals surface area (Å²) in [6, 6.07) is 17.0. The van der Waals surface area contributed by atoms with Crippen molar-refractivity contribution >= 4 is 70.3 Å². The van der Waals surface area contributed by atoms with Crippen molar-refractivity contribution < 1.29 is 28.6 Å². The predicted molar refractivity (Wildman–Crippen MR) is 125 cm³/mol. The molecule has 0 aliphatic heterocycles. The van der Waals surface area contributed by atoms with E-state index in [0.29, 0.717) is 5.69 Å². The Morgan fingerprint density at radius 1 is 0.848 bits per heavy atom. The molecule has 10 heteroatoms. The number of anilines is 2. The van der Waals surface area contributed by atoms with E-state index in [1.165, 1.54) is 30.3 Å². The van der Waals surface area contributed by atoms with Crippen LogP contribution in [0.2, 0.25) is 5.02 Å². The molecule has 3 aromatic carbocycles. The van der Waals surface area contributed by atoms with Crippen LogP contribution in [0.25, 0.3) is 11.1 Å². The van der Waals surface area contributed by atoms with Gasteiger partial charge in [-0.05, 0) is 53.6 Å². The van der Waals surface area contributed by atoms with Crippen molar-refractivity contribution in [3.8, 4) is 11.1 Å². The first kappa shape index (κ1) is 26.5. The van der Waals surface area contributed by atoms with Crippen LogP contribution in [0.4, 0.5) is 15.8 Å². The summed E-state index contributed by atoms with van der Waals surface area (Å²) in [6.45, 7) is -0.821. The molecule has 0 heterocycles. The molecular weight excluding hydrogens is 462 g/mol. The Kier molecular flexibility index (Phi) is 10.0. The summed E-state index contributed by atoms with van der Waals surface area (Å²) < 4.78 is 18.1. The molecule has 0 aliphatic rings. The van der Waals surface area contributed by atoms with Crippen LogP contribution in [0.15, 0.2) is 66.7 Å². The minimum absolute atomic E-state index is 0. The average Bonchev–Trinajstić information content (AvgIpc) is 2.76. The number of ether oxygens (including phenoxy) is 1. The first-order chi connectivity index (χ1) is 15.3. The number of nitrogens with one attached hydrogen (secondary N) is 2. The fourth-order valence-electron chi connectivity index (χ4n) is 2.81. The molecule has 0 aliphatic carbocycles. The van der Waals surface area contributed by atoms with Crippen molar-refractivity contribution in [2.75, 3.05) is 23.8 Å². The van der Waals surface area contributed by atoms with E-state index < -0.39 is 24.4 Å². The summed E-state index contributed by atoms with van der Waals surface area (Å²) in [4.78, 5) is 35.3. The summed E-state index contributed by atoms with van der Waals surface area (Å²) in [6.07, 6.45) is 0. The molecule has 33 heavy (non-hydrogen) atoms. The third-order valence-electron chi connectivity index (χ3n) is 4.30. The van der Waals surface area contributed by atoms with E-state index in [4.69, 9.17) is 16.3 Å². The van der Waals surface area contributed by atoms with E-state index in [9.17, 15) is 23.9 Å². The number of hydrogen-bond donors (Lipinski definition) is 3. The van der Waals surface area contributed by atoms with Gasteiger partial charge in [0.15, 0.2) is 0 Å². The van der Waals surface area contributed by atoms with Crippen LogP contribution in [0.5, 0.6) is 0 Å². The fourth-order valence-corrected chi connectivity index (χ4v) is 2.98. The summed E-state index contributed by atoms with van der Waals surface area (Å²) >= 11 is 5.77. The number of carbonyl (C=O) groups is 3. The fraction of sp³-hybridized carbons (Fsp3) is 0.0870. The van der Waals surface area contributed by atoms with Crippen molar-refractivity contribution in [3.05, 3.63) is 83.1 Å². The van der Waals surface area contributed by atoms with Crippen LogP contribution in [0.3, 0.4) is 0 Å². The number of carbonyl (C=O) groups excluding carboxylic acids is 2. The monoisotopic (exact) mass is 480 g/mol. The van der Waals surface area contributed by atoms with Crippen LogP contribution in [0.1, 0.15) is 10.4 Å². The van der Waals surface area contributed by atoms with Crippen LogP contribution in [-0.2, 0) is 14.3 Å². The number of hydrogen-bond acceptors (Lipinski definition) is 4. The zero-order chi connectivity index (χ0) is 23.1. The van der Waals surface area contributed by atoms with Gasteiger partial charge in [0, 0.05) is 10.7 Å². The second-order valence-electron chi connectivity index (χ2n) is 6.67. The Morgan fingerprint density at radius 2 is 1.39 bits per heavy atom. The van der Waals surface area contributed by atoms with Crippen molar-refractivity contribution in [2.45, 2.75) is 0 Å². The SMILES string of the molecule is O=C(COCC(=O)Nc1ccc(Cl)cc1C(=O)O)Nc1ccc(-c2ccc(F)cc2)cc1.[NaH]. The Labute approximate surface area is 216 Å². The molecule has 0 aromatic heterocycles. The van der Waals surface area contributed by atoms with Crippen molar-refractivity contribution in [1.82, 2.24) is 0 Å². The standard InChI is InChI=1S/C23H18ClFN2O5.Na.H/c24-16-5-10-20(19(11-16)23(30)31)27-22(29)13-32-12-21(28)26-18-8-3-15(4-9-18)14-1-6-17(25)7-2-14;;/h1-11H,12-13H2,(H,26,28)(H,27,29)(H,30,31);;. The quantitative estimate of drug-likeness (QED) is 0.425. The van der Waals surface area contributed by atoms with E-state index in [1.54, 1.807) is 36.4 Å². The molecule has 2 amide bonds. The van der Waals surface area contributed by atoms with Crippen LogP contribution >= 0.6 is 11.6 Å². The third kappa shape index (κ3) is 7.96. The van der Waals surface area contributed by atoms with E-state index in [0.717, 1.165) is 11.1 Å². The average molecular weight is 481 g/mol. The molecular formula is C23H19ClFN2NaO5. The topological polar surface area (TPSA) is 105 Å². The molecule has 0 atom stereocenters. The van der Waals surface area contributed by atoms with Gasteiger partial charge in [-0.25, -0.2) is 9.18 Å². The molecule has 0 radical (unpaired) electrons. The van der Waals surface area contributed by atoms with E-state index in [2.05, 4.69) is 10.6 Å². The zero-order valence-corrected chi connectivity index (χ0v) is 17.4.